The highest BCUT2D eigenvalue weighted by atomic mass is 35.5. The van der Waals surface area contributed by atoms with Crippen molar-refractivity contribution < 1.29 is 4.79 Å². The highest BCUT2D eigenvalue weighted by molar-refractivity contribution is 6.30. The lowest BCUT2D eigenvalue weighted by Crippen LogP contribution is -2.31. The second-order valence-electron chi connectivity index (χ2n) is 4.03. The van der Waals surface area contributed by atoms with Gasteiger partial charge >= 0.3 is 0 Å². The number of hydrogen-bond acceptors (Lipinski definition) is 2. The van der Waals surface area contributed by atoms with Gasteiger partial charge in [-0.2, -0.15) is 0 Å². The minimum atomic E-state index is -0.119. The quantitative estimate of drug-likeness (QED) is 0.848. The lowest BCUT2D eigenvalue weighted by atomic mass is 10.1. The molecule has 0 saturated heterocycles. The Hall–Kier alpha value is -1.06. The number of nitrogens with two attached hydrogens (primary N) is 1. The van der Waals surface area contributed by atoms with Crippen LogP contribution in [-0.4, -0.2) is 11.9 Å². The highest BCUT2D eigenvalue weighted by Gasteiger charge is 2.10. The SMILES string of the molecule is CC(N)CC(=O)N[C@@H](C)c1cccc(Cl)c1. The molecule has 0 bridgehead atoms. The van der Waals surface area contributed by atoms with Crippen molar-refractivity contribution in [2.45, 2.75) is 32.4 Å². The lowest BCUT2D eigenvalue weighted by Gasteiger charge is -2.15. The van der Waals surface area contributed by atoms with Crippen LogP contribution in [-0.2, 0) is 4.79 Å². The van der Waals surface area contributed by atoms with E-state index in [1.54, 1.807) is 0 Å². The zero-order chi connectivity index (χ0) is 12.1. The molecule has 2 atom stereocenters. The van der Waals surface area contributed by atoms with Crippen molar-refractivity contribution >= 4 is 17.5 Å². The maximum atomic E-state index is 11.5. The van der Waals surface area contributed by atoms with Gasteiger partial charge in [-0.3, -0.25) is 4.79 Å². The molecule has 0 aliphatic carbocycles. The smallest absolute Gasteiger partial charge is 0.222 e. The molecule has 1 amide bonds. The summed E-state index contributed by atoms with van der Waals surface area (Å²) in [6.45, 7) is 3.73. The largest absolute Gasteiger partial charge is 0.350 e. The van der Waals surface area contributed by atoms with Crippen LogP contribution in [0, 0.1) is 0 Å². The van der Waals surface area contributed by atoms with Crippen LogP contribution in [0.25, 0.3) is 0 Å². The second kappa shape index (κ2) is 5.87. The van der Waals surface area contributed by atoms with Crippen molar-refractivity contribution in [2.24, 2.45) is 5.73 Å². The van der Waals surface area contributed by atoms with Gasteiger partial charge < -0.3 is 11.1 Å². The zero-order valence-corrected chi connectivity index (χ0v) is 10.3. The Bertz CT molecular complexity index is 366. The number of rotatable bonds is 4. The number of carbonyl (C=O) groups is 1. The number of amides is 1. The first-order valence-corrected chi connectivity index (χ1v) is 5.67. The van der Waals surface area contributed by atoms with Crippen molar-refractivity contribution in [3.63, 3.8) is 0 Å². The summed E-state index contributed by atoms with van der Waals surface area (Å²) in [6.07, 6.45) is 0.338. The fraction of sp³-hybridized carbons (Fsp3) is 0.417. The van der Waals surface area contributed by atoms with Gasteiger partial charge in [0.05, 0.1) is 6.04 Å². The van der Waals surface area contributed by atoms with E-state index in [1.807, 2.05) is 38.1 Å². The molecule has 0 saturated carbocycles. The van der Waals surface area contributed by atoms with Crippen molar-refractivity contribution in [3.05, 3.63) is 34.9 Å². The van der Waals surface area contributed by atoms with E-state index in [0.29, 0.717) is 11.4 Å². The van der Waals surface area contributed by atoms with Crippen molar-refractivity contribution in [1.29, 1.82) is 0 Å². The van der Waals surface area contributed by atoms with E-state index in [1.165, 1.54) is 0 Å². The summed E-state index contributed by atoms with van der Waals surface area (Å²) in [6, 6.07) is 7.28. The number of hydrogen-bond donors (Lipinski definition) is 2. The monoisotopic (exact) mass is 240 g/mol. The maximum absolute atomic E-state index is 11.5. The minimum absolute atomic E-state index is 0.0394. The molecule has 1 unspecified atom stereocenters. The summed E-state index contributed by atoms with van der Waals surface area (Å²) in [7, 11) is 0. The Kier molecular flexibility index (Phi) is 4.77. The molecule has 16 heavy (non-hydrogen) atoms. The first-order chi connectivity index (χ1) is 7.49. The number of nitrogens with one attached hydrogen (secondary N) is 1. The van der Waals surface area contributed by atoms with Gasteiger partial charge in [0.1, 0.15) is 0 Å². The summed E-state index contributed by atoms with van der Waals surface area (Å²) in [4.78, 5) is 11.5. The van der Waals surface area contributed by atoms with Crippen LogP contribution >= 0.6 is 11.6 Å². The van der Waals surface area contributed by atoms with E-state index in [0.717, 1.165) is 5.56 Å². The first-order valence-electron chi connectivity index (χ1n) is 5.29. The number of benzene rings is 1. The van der Waals surface area contributed by atoms with E-state index >= 15 is 0 Å². The van der Waals surface area contributed by atoms with E-state index in [4.69, 9.17) is 17.3 Å². The van der Waals surface area contributed by atoms with Crippen molar-refractivity contribution in [2.75, 3.05) is 0 Å². The maximum Gasteiger partial charge on any atom is 0.222 e. The molecule has 0 fully saturated rings. The Morgan fingerprint density at radius 1 is 1.50 bits per heavy atom. The van der Waals surface area contributed by atoms with Crippen LogP contribution in [0.5, 0.6) is 0 Å². The molecule has 1 rings (SSSR count). The predicted molar refractivity (Wildman–Crippen MR) is 66.3 cm³/mol. The van der Waals surface area contributed by atoms with E-state index in [-0.39, 0.29) is 18.0 Å². The molecule has 4 heteroatoms. The molecule has 0 aliphatic heterocycles. The number of halogens is 1. The van der Waals surface area contributed by atoms with Crippen LogP contribution in [0.4, 0.5) is 0 Å². The molecule has 1 aromatic rings. The van der Waals surface area contributed by atoms with Crippen LogP contribution in [0.1, 0.15) is 31.9 Å². The van der Waals surface area contributed by atoms with Gasteiger partial charge in [-0.15, -0.1) is 0 Å². The molecular formula is C12H17ClN2O. The second-order valence-corrected chi connectivity index (χ2v) is 4.46. The topological polar surface area (TPSA) is 55.1 Å². The van der Waals surface area contributed by atoms with Gasteiger partial charge in [0.2, 0.25) is 5.91 Å². The molecule has 0 aromatic heterocycles. The van der Waals surface area contributed by atoms with E-state index in [9.17, 15) is 4.79 Å². The van der Waals surface area contributed by atoms with Crippen molar-refractivity contribution in [3.8, 4) is 0 Å². The Morgan fingerprint density at radius 2 is 2.19 bits per heavy atom. The van der Waals surface area contributed by atoms with Crippen LogP contribution in [0.15, 0.2) is 24.3 Å². The van der Waals surface area contributed by atoms with Gasteiger partial charge in [0, 0.05) is 17.5 Å². The average Bonchev–Trinajstić information content (AvgIpc) is 2.16. The zero-order valence-electron chi connectivity index (χ0n) is 9.53. The van der Waals surface area contributed by atoms with Crippen LogP contribution in [0.3, 0.4) is 0 Å². The minimum Gasteiger partial charge on any atom is -0.350 e. The summed E-state index contributed by atoms with van der Waals surface area (Å²) in [5, 5.41) is 3.55. The summed E-state index contributed by atoms with van der Waals surface area (Å²) in [5.41, 5.74) is 6.54. The molecule has 3 nitrogen and oxygen atoms in total. The summed E-state index contributed by atoms with van der Waals surface area (Å²) < 4.78 is 0. The van der Waals surface area contributed by atoms with Crippen LogP contribution < -0.4 is 11.1 Å². The summed E-state index contributed by atoms with van der Waals surface area (Å²) in [5.74, 6) is -0.0394. The van der Waals surface area contributed by atoms with Crippen LogP contribution in [0.2, 0.25) is 5.02 Å². The normalized spacial score (nSPS) is 14.2. The highest BCUT2D eigenvalue weighted by Crippen LogP contribution is 2.17. The van der Waals surface area contributed by atoms with E-state index in [2.05, 4.69) is 5.32 Å². The molecule has 1 aromatic carbocycles. The Labute approximate surface area is 101 Å². The molecule has 0 spiro atoms. The lowest BCUT2D eigenvalue weighted by molar-refractivity contribution is -0.122. The van der Waals surface area contributed by atoms with Gasteiger partial charge in [0.25, 0.3) is 0 Å². The fourth-order valence-electron chi connectivity index (χ4n) is 1.45. The number of carbonyl (C=O) groups excluding carboxylic acids is 1. The first kappa shape index (κ1) is 13.0. The van der Waals surface area contributed by atoms with Gasteiger partial charge in [0.15, 0.2) is 0 Å². The third kappa shape index (κ3) is 4.21. The van der Waals surface area contributed by atoms with E-state index < -0.39 is 0 Å². The fourth-order valence-corrected chi connectivity index (χ4v) is 1.65. The third-order valence-corrected chi connectivity index (χ3v) is 2.47. The molecule has 0 aliphatic rings. The predicted octanol–water partition coefficient (Wildman–Crippen LogP) is 2.25. The molecule has 0 heterocycles. The Balaban J connectivity index is 2.58. The molecular weight excluding hydrogens is 224 g/mol. The van der Waals surface area contributed by atoms with Gasteiger partial charge in [-0.1, -0.05) is 23.7 Å². The third-order valence-electron chi connectivity index (χ3n) is 2.23. The van der Waals surface area contributed by atoms with Gasteiger partial charge in [-0.05, 0) is 31.5 Å². The standard InChI is InChI=1S/C12H17ClN2O/c1-8(14)6-12(16)15-9(2)10-4-3-5-11(13)7-10/h3-5,7-9H,6,14H2,1-2H3,(H,15,16)/t8?,9-/m0/s1. The van der Waals surface area contributed by atoms with Gasteiger partial charge in [-0.25, -0.2) is 0 Å². The molecule has 88 valence electrons. The Morgan fingerprint density at radius 3 is 2.75 bits per heavy atom. The average molecular weight is 241 g/mol. The summed E-state index contributed by atoms with van der Waals surface area (Å²) >= 11 is 5.88. The molecule has 3 N–H and O–H groups in total. The van der Waals surface area contributed by atoms with Crippen molar-refractivity contribution in [1.82, 2.24) is 5.32 Å². The molecule has 0 radical (unpaired) electrons.